The molecule has 1 saturated heterocycles. The number of sulfonamides is 1. The number of nitrogens with one attached hydrogen (secondary N) is 1. The zero-order valence-corrected chi connectivity index (χ0v) is 16.6. The molecule has 152 valence electrons. The SMILES string of the molecule is O=S(=O)(NCC(c1ccco1)N1CCCCC1)c1ccc2c(c1)OCCCO2. The fraction of sp³-hybridized carbons (Fsp3) is 0.500. The Morgan fingerprint density at radius 1 is 1.00 bits per heavy atom. The summed E-state index contributed by atoms with van der Waals surface area (Å²) in [5, 5.41) is 0. The second kappa shape index (κ2) is 8.55. The Labute approximate surface area is 165 Å². The van der Waals surface area contributed by atoms with Gasteiger partial charge in [0.15, 0.2) is 11.5 Å². The van der Waals surface area contributed by atoms with Crippen LogP contribution in [0.25, 0.3) is 0 Å². The molecule has 7 nitrogen and oxygen atoms in total. The summed E-state index contributed by atoms with van der Waals surface area (Å²) >= 11 is 0. The highest BCUT2D eigenvalue weighted by Crippen LogP contribution is 2.32. The van der Waals surface area contributed by atoms with Crippen molar-refractivity contribution in [2.45, 2.75) is 36.6 Å². The molecule has 2 aliphatic rings. The molecule has 1 fully saturated rings. The average molecular weight is 407 g/mol. The molecule has 8 heteroatoms. The van der Waals surface area contributed by atoms with Gasteiger partial charge in [-0.3, -0.25) is 4.90 Å². The molecule has 28 heavy (non-hydrogen) atoms. The van der Waals surface area contributed by atoms with E-state index in [9.17, 15) is 8.42 Å². The van der Waals surface area contributed by atoms with Crippen LogP contribution in [0.4, 0.5) is 0 Å². The van der Waals surface area contributed by atoms with Crippen molar-refractivity contribution in [1.82, 2.24) is 9.62 Å². The maximum atomic E-state index is 12.9. The summed E-state index contributed by atoms with van der Waals surface area (Å²) in [4.78, 5) is 2.47. The standard InChI is InChI=1S/C20H26N2O5S/c23-28(24,16-7-8-19-20(14-16)27-13-5-12-26-19)21-15-17(18-6-4-11-25-18)22-9-2-1-3-10-22/h4,6-8,11,14,17,21H,1-3,5,9-10,12-13,15H2. The lowest BCUT2D eigenvalue weighted by Crippen LogP contribution is -2.40. The average Bonchev–Trinajstić information content (AvgIpc) is 3.13. The van der Waals surface area contributed by atoms with Crippen molar-refractivity contribution in [2.24, 2.45) is 0 Å². The summed E-state index contributed by atoms with van der Waals surface area (Å²) in [6.07, 6.45) is 5.85. The highest BCUT2D eigenvalue weighted by molar-refractivity contribution is 7.89. The molecule has 0 bridgehead atoms. The van der Waals surface area contributed by atoms with E-state index in [1.165, 1.54) is 12.5 Å². The Bertz CT molecular complexity index is 876. The van der Waals surface area contributed by atoms with E-state index >= 15 is 0 Å². The third kappa shape index (κ3) is 4.34. The van der Waals surface area contributed by atoms with Gasteiger partial charge in [0.05, 0.1) is 30.4 Å². The summed E-state index contributed by atoms with van der Waals surface area (Å²) in [5.41, 5.74) is 0. The van der Waals surface area contributed by atoms with Crippen LogP contribution in [-0.2, 0) is 10.0 Å². The fourth-order valence-corrected chi connectivity index (χ4v) is 4.76. The molecule has 1 aromatic carbocycles. The van der Waals surface area contributed by atoms with Crippen LogP contribution in [0.2, 0.25) is 0 Å². The number of furan rings is 1. The Kier molecular flexibility index (Phi) is 5.89. The summed E-state index contributed by atoms with van der Waals surface area (Å²) in [5.74, 6) is 1.83. The zero-order valence-electron chi connectivity index (χ0n) is 15.8. The van der Waals surface area contributed by atoms with Crippen LogP contribution < -0.4 is 14.2 Å². The van der Waals surface area contributed by atoms with Crippen molar-refractivity contribution in [1.29, 1.82) is 0 Å². The normalized spacial score (nSPS) is 19.1. The molecule has 0 amide bonds. The third-order valence-electron chi connectivity index (χ3n) is 5.20. The number of hydrogen-bond donors (Lipinski definition) is 1. The van der Waals surface area contributed by atoms with E-state index in [0.717, 1.165) is 38.1 Å². The number of hydrogen-bond acceptors (Lipinski definition) is 6. The van der Waals surface area contributed by atoms with E-state index in [4.69, 9.17) is 13.9 Å². The molecular weight excluding hydrogens is 380 g/mol. The minimum atomic E-state index is -3.68. The number of rotatable bonds is 6. The molecule has 1 aromatic heterocycles. The van der Waals surface area contributed by atoms with Crippen LogP contribution in [0, 0.1) is 0 Å². The van der Waals surface area contributed by atoms with Crippen molar-refractivity contribution < 1.29 is 22.3 Å². The van der Waals surface area contributed by atoms with Gasteiger partial charge < -0.3 is 13.9 Å². The monoisotopic (exact) mass is 406 g/mol. The van der Waals surface area contributed by atoms with E-state index in [-0.39, 0.29) is 17.5 Å². The van der Waals surface area contributed by atoms with Crippen molar-refractivity contribution in [3.05, 3.63) is 42.4 Å². The highest BCUT2D eigenvalue weighted by Gasteiger charge is 2.27. The molecule has 3 heterocycles. The van der Waals surface area contributed by atoms with E-state index in [0.29, 0.717) is 24.7 Å². The van der Waals surface area contributed by atoms with Crippen LogP contribution in [0.3, 0.4) is 0 Å². The third-order valence-corrected chi connectivity index (χ3v) is 6.62. The van der Waals surface area contributed by atoms with Crippen LogP contribution in [0.15, 0.2) is 45.9 Å². The van der Waals surface area contributed by atoms with Gasteiger partial charge in [-0.15, -0.1) is 0 Å². The van der Waals surface area contributed by atoms with Gasteiger partial charge >= 0.3 is 0 Å². The minimum Gasteiger partial charge on any atom is -0.490 e. The zero-order chi connectivity index (χ0) is 19.4. The second-order valence-electron chi connectivity index (χ2n) is 7.14. The molecule has 0 saturated carbocycles. The first-order chi connectivity index (χ1) is 13.6. The van der Waals surface area contributed by atoms with E-state index < -0.39 is 10.0 Å². The molecule has 4 rings (SSSR count). The number of piperidine rings is 1. The Morgan fingerprint density at radius 2 is 1.79 bits per heavy atom. The van der Waals surface area contributed by atoms with Gasteiger partial charge in [-0.1, -0.05) is 6.42 Å². The largest absolute Gasteiger partial charge is 0.490 e. The van der Waals surface area contributed by atoms with E-state index in [1.54, 1.807) is 18.4 Å². The van der Waals surface area contributed by atoms with Gasteiger partial charge in [0.2, 0.25) is 10.0 Å². The minimum absolute atomic E-state index is 0.120. The predicted octanol–water partition coefficient (Wildman–Crippen LogP) is 2.95. The topological polar surface area (TPSA) is 81.0 Å². The van der Waals surface area contributed by atoms with E-state index in [1.807, 2.05) is 12.1 Å². The van der Waals surface area contributed by atoms with Gasteiger partial charge in [0.1, 0.15) is 5.76 Å². The first kappa shape index (κ1) is 19.3. The number of ether oxygens (including phenoxy) is 2. The molecule has 0 spiro atoms. The van der Waals surface area contributed by atoms with Crippen LogP contribution >= 0.6 is 0 Å². The Hall–Kier alpha value is -2.03. The van der Waals surface area contributed by atoms with Gasteiger partial charge in [-0.2, -0.15) is 0 Å². The molecule has 0 aliphatic carbocycles. The van der Waals surface area contributed by atoms with Gasteiger partial charge in [-0.25, -0.2) is 13.1 Å². The lowest BCUT2D eigenvalue weighted by molar-refractivity contribution is 0.147. The van der Waals surface area contributed by atoms with Gasteiger partial charge in [0, 0.05) is 19.0 Å². The molecule has 1 atom stereocenters. The lowest BCUT2D eigenvalue weighted by atomic mass is 10.1. The first-order valence-corrected chi connectivity index (χ1v) is 11.3. The lowest BCUT2D eigenvalue weighted by Gasteiger charge is -2.33. The molecule has 1 unspecified atom stereocenters. The van der Waals surface area contributed by atoms with Crippen LogP contribution in [0.1, 0.15) is 37.5 Å². The van der Waals surface area contributed by atoms with Crippen molar-refractivity contribution in [3.63, 3.8) is 0 Å². The smallest absolute Gasteiger partial charge is 0.240 e. The summed E-state index contributed by atoms with van der Waals surface area (Å²) in [7, 11) is -3.68. The number of benzene rings is 1. The highest BCUT2D eigenvalue weighted by atomic mass is 32.2. The number of fused-ring (bicyclic) bond motifs is 1. The predicted molar refractivity (Wildman–Crippen MR) is 104 cm³/mol. The molecule has 2 aromatic rings. The maximum absolute atomic E-state index is 12.9. The Balaban J connectivity index is 1.51. The molecule has 0 radical (unpaired) electrons. The summed E-state index contributed by atoms with van der Waals surface area (Å²) in [6, 6.07) is 8.37. The quantitative estimate of drug-likeness (QED) is 0.794. The van der Waals surface area contributed by atoms with Crippen molar-refractivity contribution >= 4 is 10.0 Å². The first-order valence-electron chi connectivity index (χ1n) is 9.80. The van der Waals surface area contributed by atoms with Crippen LogP contribution in [-0.4, -0.2) is 46.2 Å². The van der Waals surface area contributed by atoms with Gasteiger partial charge in [-0.05, 0) is 50.2 Å². The number of likely N-dealkylation sites (tertiary alicyclic amines) is 1. The molecule has 1 N–H and O–H groups in total. The van der Waals surface area contributed by atoms with Crippen molar-refractivity contribution in [3.8, 4) is 11.5 Å². The molecular formula is C20H26N2O5S. The second-order valence-corrected chi connectivity index (χ2v) is 8.91. The van der Waals surface area contributed by atoms with Crippen LogP contribution in [0.5, 0.6) is 11.5 Å². The molecule has 2 aliphatic heterocycles. The fourth-order valence-electron chi connectivity index (χ4n) is 3.70. The number of nitrogens with zero attached hydrogens (tertiary/aromatic N) is 1. The van der Waals surface area contributed by atoms with Gasteiger partial charge in [0.25, 0.3) is 0 Å². The maximum Gasteiger partial charge on any atom is 0.240 e. The Morgan fingerprint density at radius 3 is 2.54 bits per heavy atom. The summed E-state index contributed by atoms with van der Waals surface area (Å²) < 4.78 is 45.4. The van der Waals surface area contributed by atoms with Crippen molar-refractivity contribution in [2.75, 3.05) is 32.8 Å². The van der Waals surface area contributed by atoms with E-state index in [2.05, 4.69) is 9.62 Å². The summed E-state index contributed by atoms with van der Waals surface area (Å²) in [6.45, 7) is 3.22.